The summed E-state index contributed by atoms with van der Waals surface area (Å²) in [5.41, 5.74) is 0.708. The van der Waals surface area contributed by atoms with Crippen molar-refractivity contribution >= 4 is 17.3 Å². The maximum absolute atomic E-state index is 10.7. The van der Waals surface area contributed by atoms with Crippen LogP contribution in [0.3, 0.4) is 0 Å². The maximum atomic E-state index is 10.7. The molecule has 1 N–H and O–H groups in total. The number of benzene rings is 1. The highest BCUT2D eigenvalue weighted by Gasteiger charge is 2.12. The van der Waals surface area contributed by atoms with Crippen molar-refractivity contribution in [2.75, 3.05) is 6.54 Å². The zero-order valence-electron chi connectivity index (χ0n) is 9.88. The van der Waals surface area contributed by atoms with E-state index in [1.165, 1.54) is 18.5 Å². The van der Waals surface area contributed by atoms with Gasteiger partial charge < -0.3 is 9.84 Å². The largest absolute Gasteiger partial charge is 0.340 e. The predicted octanol–water partition coefficient (Wildman–Crippen LogP) is 1.96. The molecule has 0 saturated carbocycles. The third-order valence-electron chi connectivity index (χ3n) is 2.46. The summed E-state index contributed by atoms with van der Waals surface area (Å²) >= 11 is 5.73. The van der Waals surface area contributed by atoms with Crippen LogP contribution in [0.5, 0.6) is 0 Å². The van der Waals surface area contributed by atoms with Gasteiger partial charge in [-0.1, -0.05) is 22.8 Å². The van der Waals surface area contributed by atoms with E-state index < -0.39 is 4.92 Å². The van der Waals surface area contributed by atoms with Gasteiger partial charge in [0.05, 0.1) is 4.92 Å². The molecule has 0 fully saturated rings. The van der Waals surface area contributed by atoms with Crippen LogP contribution in [0.2, 0.25) is 5.02 Å². The fourth-order valence-electron chi connectivity index (χ4n) is 1.54. The Morgan fingerprint density at radius 3 is 3.00 bits per heavy atom. The van der Waals surface area contributed by atoms with Crippen molar-refractivity contribution in [3.63, 3.8) is 0 Å². The maximum Gasteiger partial charge on any atom is 0.288 e. The minimum atomic E-state index is -0.496. The molecule has 0 saturated heterocycles. The molecule has 1 heterocycles. The van der Waals surface area contributed by atoms with Gasteiger partial charge >= 0.3 is 0 Å². The van der Waals surface area contributed by atoms with E-state index in [0.29, 0.717) is 25.4 Å². The summed E-state index contributed by atoms with van der Waals surface area (Å²) in [5.74, 6) is 0.551. The first-order valence-electron chi connectivity index (χ1n) is 5.56. The zero-order valence-corrected chi connectivity index (χ0v) is 10.6. The van der Waals surface area contributed by atoms with E-state index in [1.54, 1.807) is 6.07 Å². The van der Waals surface area contributed by atoms with E-state index in [1.807, 2.05) is 0 Å². The van der Waals surface area contributed by atoms with Crippen molar-refractivity contribution < 1.29 is 9.45 Å². The first-order chi connectivity index (χ1) is 9.16. The Bertz CT molecular complexity index is 559. The van der Waals surface area contributed by atoms with Crippen molar-refractivity contribution in [3.05, 3.63) is 51.1 Å². The molecule has 0 radical (unpaired) electrons. The molecule has 0 aliphatic heterocycles. The monoisotopic (exact) mass is 282 g/mol. The molecular weight excluding hydrogens is 272 g/mol. The molecule has 19 heavy (non-hydrogen) atoms. The lowest BCUT2D eigenvalue weighted by atomic mass is 10.2. The fourth-order valence-corrected chi connectivity index (χ4v) is 1.73. The van der Waals surface area contributed by atoms with Gasteiger partial charge in [-0.15, -0.1) is 0 Å². The summed E-state index contributed by atoms with van der Waals surface area (Å²) in [4.78, 5) is 14.1. The number of aromatic nitrogens is 2. The van der Waals surface area contributed by atoms with Gasteiger partial charge in [-0.05, 0) is 11.6 Å². The molecule has 0 amide bonds. The molecule has 0 spiro atoms. The average Bonchev–Trinajstić information content (AvgIpc) is 2.89. The molecule has 0 atom stereocenters. The number of rotatable bonds is 6. The third-order valence-corrected chi connectivity index (χ3v) is 2.78. The number of hydrogen-bond donors (Lipinski definition) is 1. The molecule has 1 aromatic heterocycles. The van der Waals surface area contributed by atoms with Crippen LogP contribution in [-0.4, -0.2) is 21.6 Å². The minimum absolute atomic E-state index is 0.0853. The normalized spacial score (nSPS) is 10.6. The number of nitro groups is 1. The molecule has 8 heteroatoms. The highest BCUT2D eigenvalue weighted by atomic mass is 35.5. The molecule has 1 aromatic carbocycles. The molecule has 100 valence electrons. The number of nitrogens with zero attached hydrogens (tertiary/aromatic N) is 3. The zero-order chi connectivity index (χ0) is 13.7. The van der Waals surface area contributed by atoms with Crippen LogP contribution in [0.15, 0.2) is 29.0 Å². The number of nitrogens with one attached hydrogen (secondary N) is 1. The summed E-state index contributed by atoms with van der Waals surface area (Å²) in [6, 6.07) is 4.73. The summed E-state index contributed by atoms with van der Waals surface area (Å²) in [7, 11) is 0. The Kier molecular flexibility index (Phi) is 4.43. The van der Waals surface area contributed by atoms with E-state index in [4.69, 9.17) is 16.1 Å². The predicted molar refractivity (Wildman–Crippen MR) is 67.8 cm³/mol. The van der Waals surface area contributed by atoms with Crippen molar-refractivity contribution in [3.8, 4) is 0 Å². The second kappa shape index (κ2) is 6.26. The van der Waals surface area contributed by atoms with Gasteiger partial charge in [-0.3, -0.25) is 10.1 Å². The average molecular weight is 283 g/mol. The Hall–Kier alpha value is -1.99. The van der Waals surface area contributed by atoms with Gasteiger partial charge in [0.15, 0.2) is 6.33 Å². The van der Waals surface area contributed by atoms with Crippen LogP contribution in [0.25, 0.3) is 0 Å². The van der Waals surface area contributed by atoms with Crippen molar-refractivity contribution in [2.24, 2.45) is 0 Å². The smallest absolute Gasteiger partial charge is 0.288 e. The summed E-state index contributed by atoms with van der Waals surface area (Å²) in [6.45, 7) is 1.14. The number of halogens is 1. The van der Waals surface area contributed by atoms with E-state index >= 15 is 0 Å². The lowest BCUT2D eigenvalue weighted by Gasteiger charge is -2.04. The highest BCUT2D eigenvalue weighted by Crippen LogP contribution is 2.24. The van der Waals surface area contributed by atoms with Crippen LogP contribution in [0, 0.1) is 10.1 Å². The van der Waals surface area contributed by atoms with Crippen LogP contribution >= 0.6 is 11.6 Å². The third kappa shape index (κ3) is 3.73. The molecule has 7 nitrogen and oxygen atoms in total. The Morgan fingerprint density at radius 1 is 1.47 bits per heavy atom. The van der Waals surface area contributed by atoms with Crippen molar-refractivity contribution in [1.29, 1.82) is 0 Å². The van der Waals surface area contributed by atoms with E-state index in [0.717, 1.165) is 5.56 Å². The van der Waals surface area contributed by atoms with Crippen molar-refractivity contribution in [2.45, 2.75) is 13.0 Å². The standard InChI is InChI=1S/C11H11ClN4O3/c12-9-2-1-8(5-10(9)16(17)18)6-13-4-3-11-14-7-15-19-11/h1-2,5,7,13H,3-4,6H2. The minimum Gasteiger partial charge on any atom is -0.340 e. The Labute approximate surface area is 113 Å². The first kappa shape index (κ1) is 13.4. The second-order valence-corrected chi connectivity index (χ2v) is 4.21. The summed E-state index contributed by atoms with van der Waals surface area (Å²) in [6.07, 6.45) is 1.95. The molecule has 0 bridgehead atoms. The Morgan fingerprint density at radius 2 is 2.32 bits per heavy atom. The van der Waals surface area contributed by atoms with Gasteiger partial charge in [0.1, 0.15) is 5.02 Å². The van der Waals surface area contributed by atoms with Gasteiger partial charge in [0.2, 0.25) is 5.89 Å². The molecule has 2 aromatic rings. The lowest BCUT2D eigenvalue weighted by Crippen LogP contribution is -2.16. The summed E-state index contributed by atoms with van der Waals surface area (Å²) in [5, 5.41) is 17.5. The first-order valence-corrected chi connectivity index (χ1v) is 5.93. The number of nitro benzene ring substituents is 1. The topological polar surface area (TPSA) is 94.1 Å². The van der Waals surface area contributed by atoms with Gasteiger partial charge in [0, 0.05) is 25.6 Å². The van der Waals surface area contributed by atoms with E-state index in [2.05, 4.69) is 15.5 Å². The van der Waals surface area contributed by atoms with E-state index in [9.17, 15) is 10.1 Å². The van der Waals surface area contributed by atoms with Gasteiger partial charge in [-0.2, -0.15) is 4.98 Å². The molecule has 2 rings (SSSR count). The quantitative estimate of drug-likeness (QED) is 0.494. The van der Waals surface area contributed by atoms with Crippen LogP contribution in [0.1, 0.15) is 11.5 Å². The molecule has 0 aliphatic carbocycles. The van der Waals surface area contributed by atoms with Crippen LogP contribution in [-0.2, 0) is 13.0 Å². The van der Waals surface area contributed by atoms with Gasteiger partial charge in [-0.25, -0.2) is 0 Å². The van der Waals surface area contributed by atoms with Crippen LogP contribution in [0.4, 0.5) is 5.69 Å². The molecule has 0 unspecified atom stereocenters. The van der Waals surface area contributed by atoms with Gasteiger partial charge in [0.25, 0.3) is 5.69 Å². The van der Waals surface area contributed by atoms with E-state index in [-0.39, 0.29) is 10.7 Å². The number of hydrogen-bond acceptors (Lipinski definition) is 6. The fraction of sp³-hybridized carbons (Fsp3) is 0.273. The summed E-state index contributed by atoms with van der Waals surface area (Å²) < 4.78 is 4.84. The molecular formula is C11H11ClN4O3. The lowest BCUT2D eigenvalue weighted by molar-refractivity contribution is -0.384. The SMILES string of the molecule is O=[N+]([O-])c1cc(CNCCc2ncno2)ccc1Cl. The van der Waals surface area contributed by atoms with Crippen molar-refractivity contribution in [1.82, 2.24) is 15.5 Å². The molecule has 0 aliphatic rings. The van der Waals surface area contributed by atoms with Crippen LogP contribution < -0.4 is 5.32 Å². The highest BCUT2D eigenvalue weighted by molar-refractivity contribution is 6.32. The second-order valence-electron chi connectivity index (χ2n) is 3.80. The Balaban J connectivity index is 1.86.